The van der Waals surface area contributed by atoms with Crippen LogP contribution in [0.25, 0.3) is 0 Å². The van der Waals surface area contributed by atoms with Crippen LogP contribution < -0.4 is 0 Å². The summed E-state index contributed by atoms with van der Waals surface area (Å²) in [7, 11) is 0. The lowest BCUT2D eigenvalue weighted by Crippen LogP contribution is -2.43. The van der Waals surface area contributed by atoms with E-state index in [-0.39, 0.29) is 5.41 Å². The topological polar surface area (TPSA) is 17.1 Å². The Morgan fingerprint density at radius 3 is 2.33 bits per heavy atom. The van der Waals surface area contributed by atoms with Gasteiger partial charge in [-0.25, -0.2) is 0 Å². The van der Waals surface area contributed by atoms with Crippen LogP contribution in [-0.4, -0.2) is 5.78 Å². The van der Waals surface area contributed by atoms with Gasteiger partial charge in [-0.15, -0.1) is 0 Å². The highest BCUT2D eigenvalue weighted by molar-refractivity contribution is 5.82. The van der Waals surface area contributed by atoms with Crippen LogP contribution in [0.5, 0.6) is 0 Å². The summed E-state index contributed by atoms with van der Waals surface area (Å²) in [6, 6.07) is 0. The van der Waals surface area contributed by atoms with Gasteiger partial charge in [0.2, 0.25) is 0 Å². The molecule has 0 aromatic heterocycles. The zero-order chi connectivity index (χ0) is 13.3. The van der Waals surface area contributed by atoms with Gasteiger partial charge in [0.25, 0.3) is 0 Å². The molecule has 0 aromatic carbocycles. The van der Waals surface area contributed by atoms with Gasteiger partial charge in [0.1, 0.15) is 5.78 Å². The Balaban J connectivity index is 2.07. The first-order valence-electron chi connectivity index (χ1n) is 7.76. The first-order valence-corrected chi connectivity index (χ1v) is 7.76. The predicted octanol–water partition coefficient (Wildman–Crippen LogP) is 4.45. The quantitative estimate of drug-likeness (QED) is 0.670. The van der Waals surface area contributed by atoms with Crippen LogP contribution >= 0.6 is 0 Å². The molecule has 0 heterocycles. The number of rotatable bonds is 1. The molecule has 0 radical (unpaired) electrons. The van der Waals surface area contributed by atoms with Crippen molar-refractivity contribution >= 4 is 5.78 Å². The fraction of sp³-hybridized carbons (Fsp3) is 0.941. The molecule has 1 unspecified atom stereocenters. The molecule has 0 N–H and O–H groups in total. The van der Waals surface area contributed by atoms with E-state index in [9.17, 15) is 4.79 Å². The third kappa shape index (κ3) is 1.22. The lowest BCUT2D eigenvalue weighted by atomic mass is 9.57. The average Bonchev–Trinajstić information content (AvgIpc) is 2.69. The van der Waals surface area contributed by atoms with Crippen molar-refractivity contribution in [1.29, 1.82) is 0 Å². The second kappa shape index (κ2) is 3.41. The van der Waals surface area contributed by atoms with Crippen LogP contribution in [0.1, 0.15) is 66.7 Å². The second-order valence-corrected chi connectivity index (χ2v) is 8.32. The number of hydrogen-bond donors (Lipinski definition) is 0. The number of carbonyl (C=O) groups excluding carboxylic acids is 1. The summed E-state index contributed by atoms with van der Waals surface area (Å²) in [5.41, 5.74) is 0.906. The van der Waals surface area contributed by atoms with Gasteiger partial charge < -0.3 is 0 Å². The van der Waals surface area contributed by atoms with E-state index in [1.165, 1.54) is 25.7 Å². The van der Waals surface area contributed by atoms with E-state index >= 15 is 0 Å². The Morgan fingerprint density at radius 2 is 1.72 bits per heavy atom. The highest BCUT2D eigenvalue weighted by atomic mass is 16.1. The van der Waals surface area contributed by atoms with Crippen LogP contribution in [0.4, 0.5) is 0 Å². The van der Waals surface area contributed by atoms with E-state index in [1.54, 1.807) is 0 Å². The molecule has 1 spiro atoms. The first-order chi connectivity index (χ1) is 8.25. The normalized spacial score (nSPS) is 53.3. The van der Waals surface area contributed by atoms with Crippen molar-refractivity contribution in [3.63, 3.8) is 0 Å². The molecule has 3 aliphatic rings. The summed E-state index contributed by atoms with van der Waals surface area (Å²) in [5.74, 6) is 2.79. The van der Waals surface area contributed by atoms with E-state index in [0.717, 1.165) is 18.3 Å². The van der Waals surface area contributed by atoms with Gasteiger partial charge in [0, 0.05) is 5.41 Å². The average molecular weight is 248 g/mol. The minimum Gasteiger partial charge on any atom is -0.299 e. The highest BCUT2D eigenvalue weighted by Crippen LogP contribution is 2.74. The first kappa shape index (κ1) is 12.7. The Labute approximate surface area is 112 Å². The Kier molecular flexibility index (Phi) is 2.40. The maximum Gasteiger partial charge on any atom is 0.135 e. The predicted molar refractivity (Wildman–Crippen MR) is 74.2 cm³/mol. The van der Waals surface area contributed by atoms with E-state index in [4.69, 9.17) is 0 Å². The molecule has 3 fully saturated rings. The molecule has 2 bridgehead atoms. The molecule has 3 saturated carbocycles. The Hall–Kier alpha value is -0.330. The van der Waals surface area contributed by atoms with Crippen molar-refractivity contribution in [2.24, 2.45) is 34.0 Å². The molecule has 0 saturated heterocycles. The zero-order valence-electron chi connectivity index (χ0n) is 12.7. The molecular weight excluding hydrogens is 220 g/mol. The number of fused-ring (bicyclic) bond motifs is 1. The molecule has 1 nitrogen and oxygen atoms in total. The van der Waals surface area contributed by atoms with Crippen molar-refractivity contribution < 1.29 is 4.79 Å². The van der Waals surface area contributed by atoms with E-state index in [0.29, 0.717) is 22.5 Å². The number of hydrogen-bond acceptors (Lipinski definition) is 1. The van der Waals surface area contributed by atoms with Gasteiger partial charge in [0.15, 0.2) is 0 Å². The monoisotopic (exact) mass is 248 g/mol. The maximum atomic E-state index is 12.2. The lowest BCUT2D eigenvalue weighted by molar-refractivity contribution is -0.133. The molecular formula is C17H28O. The van der Waals surface area contributed by atoms with Gasteiger partial charge in [-0.2, -0.15) is 0 Å². The van der Waals surface area contributed by atoms with Crippen LogP contribution in [0, 0.1) is 34.0 Å². The minimum atomic E-state index is -0.0428. The highest BCUT2D eigenvalue weighted by Gasteiger charge is 2.68. The van der Waals surface area contributed by atoms with Crippen LogP contribution in [0.3, 0.4) is 0 Å². The molecule has 18 heavy (non-hydrogen) atoms. The standard InChI is InChI=1S/C17H28O/c1-11-6-7-13-15(3,4)14-10-17(11,13)9-8-16(14,5)12(2)18/h11,13-14H,6-10H2,1-5H3/t11-,13+,14-,16-,17?/m1/s1. The molecule has 1 heteroatoms. The number of ketones is 1. The molecule has 5 atom stereocenters. The van der Waals surface area contributed by atoms with Gasteiger partial charge in [0.05, 0.1) is 0 Å². The van der Waals surface area contributed by atoms with Crippen molar-refractivity contribution in [2.45, 2.75) is 66.7 Å². The molecule has 102 valence electrons. The van der Waals surface area contributed by atoms with Crippen LogP contribution in [-0.2, 0) is 4.79 Å². The van der Waals surface area contributed by atoms with E-state index in [1.807, 2.05) is 6.92 Å². The second-order valence-electron chi connectivity index (χ2n) is 8.32. The Morgan fingerprint density at radius 1 is 1.06 bits per heavy atom. The molecule has 3 aliphatic carbocycles. The van der Waals surface area contributed by atoms with Crippen molar-refractivity contribution in [2.75, 3.05) is 0 Å². The SMILES string of the molecule is CC(=O)[C@@]1(C)CCC23C[C@@H]1C(C)(C)[C@@H]2CC[C@H]3C. The Bertz CT molecular complexity index is 396. The summed E-state index contributed by atoms with van der Waals surface area (Å²) >= 11 is 0. The summed E-state index contributed by atoms with van der Waals surface area (Å²) in [5, 5.41) is 0. The third-order valence-corrected chi connectivity index (χ3v) is 7.63. The van der Waals surface area contributed by atoms with Gasteiger partial charge in [-0.05, 0) is 67.6 Å². The maximum absolute atomic E-state index is 12.2. The van der Waals surface area contributed by atoms with E-state index < -0.39 is 0 Å². The molecule has 0 aliphatic heterocycles. The summed E-state index contributed by atoms with van der Waals surface area (Å²) in [6.45, 7) is 11.4. The fourth-order valence-corrected chi connectivity index (χ4v) is 6.33. The number of carbonyl (C=O) groups is 1. The van der Waals surface area contributed by atoms with Crippen LogP contribution in [0.2, 0.25) is 0 Å². The smallest absolute Gasteiger partial charge is 0.135 e. The minimum absolute atomic E-state index is 0.0428. The largest absolute Gasteiger partial charge is 0.299 e. The van der Waals surface area contributed by atoms with Crippen LogP contribution in [0.15, 0.2) is 0 Å². The van der Waals surface area contributed by atoms with Crippen molar-refractivity contribution in [3.8, 4) is 0 Å². The molecule has 0 amide bonds. The molecule has 3 rings (SSSR count). The molecule has 0 aromatic rings. The summed E-state index contributed by atoms with van der Waals surface area (Å²) < 4.78 is 0. The fourth-order valence-electron chi connectivity index (χ4n) is 6.33. The lowest BCUT2D eigenvalue weighted by Gasteiger charge is -2.46. The third-order valence-electron chi connectivity index (χ3n) is 7.63. The van der Waals surface area contributed by atoms with Gasteiger partial charge >= 0.3 is 0 Å². The van der Waals surface area contributed by atoms with Crippen molar-refractivity contribution in [3.05, 3.63) is 0 Å². The number of Topliss-reactive ketones (excluding diaryl/α,β-unsaturated/α-hetero) is 1. The zero-order valence-corrected chi connectivity index (χ0v) is 12.7. The summed E-state index contributed by atoms with van der Waals surface area (Å²) in [4.78, 5) is 12.2. The van der Waals surface area contributed by atoms with E-state index in [2.05, 4.69) is 27.7 Å². The van der Waals surface area contributed by atoms with Crippen molar-refractivity contribution in [1.82, 2.24) is 0 Å². The van der Waals surface area contributed by atoms with Gasteiger partial charge in [-0.3, -0.25) is 4.79 Å². The van der Waals surface area contributed by atoms with Gasteiger partial charge in [-0.1, -0.05) is 27.7 Å². The summed E-state index contributed by atoms with van der Waals surface area (Å²) in [6.07, 6.45) is 6.57.